The van der Waals surface area contributed by atoms with Gasteiger partial charge in [0.05, 0.1) is 4.92 Å². The third kappa shape index (κ3) is 2.11. The molecule has 0 aromatic heterocycles. The summed E-state index contributed by atoms with van der Waals surface area (Å²) in [7, 11) is 0. The molecule has 1 fully saturated rings. The third-order valence-electron chi connectivity index (χ3n) is 4.73. The van der Waals surface area contributed by atoms with Crippen molar-refractivity contribution in [3.8, 4) is 0 Å². The van der Waals surface area contributed by atoms with E-state index in [1.54, 1.807) is 11.0 Å². The van der Waals surface area contributed by atoms with E-state index >= 15 is 0 Å². The maximum absolute atomic E-state index is 12.7. The number of carbonyl (C=O) groups excluding carboxylic acids is 2. The van der Waals surface area contributed by atoms with Crippen LogP contribution in [0.15, 0.2) is 18.2 Å². The first-order valence-electron chi connectivity index (χ1n) is 7.01. The molecule has 1 saturated heterocycles. The summed E-state index contributed by atoms with van der Waals surface area (Å²) < 4.78 is 0. The largest absolute Gasteiger partial charge is 0.343 e. The number of non-ortho nitro benzene ring substituents is 1. The first-order valence-corrected chi connectivity index (χ1v) is 7.01. The molecule has 3 rings (SSSR count). The number of nitrogens with zero attached hydrogens (tertiary/aromatic N) is 2. The zero-order chi connectivity index (χ0) is 15.2. The highest BCUT2D eigenvalue weighted by Crippen LogP contribution is 2.45. The van der Waals surface area contributed by atoms with Crippen LogP contribution in [-0.4, -0.2) is 34.6 Å². The molecular weight excluding hydrogens is 272 g/mol. The van der Waals surface area contributed by atoms with Gasteiger partial charge in [-0.1, -0.05) is 6.07 Å². The molecule has 0 bridgehead atoms. The number of nitro benzene ring substituents is 1. The van der Waals surface area contributed by atoms with Gasteiger partial charge >= 0.3 is 0 Å². The number of piperidine rings is 1. The van der Waals surface area contributed by atoms with Crippen LogP contribution in [0.4, 0.5) is 5.69 Å². The van der Waals surface area contributed by atoms with Crippen molar-refractivity contribution in [1.29, 1.82) is 0 Å². The summed E-state index contributed by atoms with van der Waals surface area (Å²) in [5, 5.41) is 10.8. The van der Waals surface area contributed by atoms with Gasteiger partial charge in [-0.15, -0.1) is 0 Å². The summed E-state index contributed by atoms with van der Waals surface area (Å²) in [5.74, 6) is 0.0350. The maximum Gasteiger partial charge on any atom is 0.270 e. The Bertz CT molecular complexity index is 645. The normalized spacial score (nSPS) is 19.7. The van der Waals surface area contributed by atoms with Crippen LogP contribution in [0.5, 0.6) is 0 Å². The third-order valence-corrected chi connectivity index (χ3v) is 4.73. The minimum absolute atomic E-state index is 0.00408. The lowest BCUT2D eigenvalue weighted by Gasteiger charge is -2.37. The number of fused-ring (bicyclic) bond motifs is 1. The SMILES string of the molecule is CC(=O)N1CCC2(CC1)Cc1ccc([N+](=O)[O-])cc1C2=O. The Balaban J connectivity index is 1.87. The van der Waals surface area contributed by atoms with E-state index in [-0.39, 0.29) is 17.4 Å². The standard InChI is InChI=1S/C15H16N2O4/c1-10(18)16-6-4-15(5-7-16)9-11-2-3-12(17(20)21)8-13(11)14(15)19/h2-3,8H,4-7,9H2,1H3. The number of benzene rings is 1. The second kappa shape index (κ2) is 4.65. The Morgan fingerprint density at radius 2 is 2.00 bits per heavy atom. The van der Waals surface area contributed by atoms with Gasteiger partial charge in [0.2, 0.25) is 5.91 Å². The van der Waals surface area contributed by atoms with Crippen LogP contribution in [0.25, 0.3) is 0 Å². The molecule has 0 radical (unpaired) electrons. The molecule has 1 aromatic carbocycles. The summed E-state index contributed by atoms with van der Waals surface area (Å²) in [6.07, 6.45) is 1.90. The summed E-state index contributed by atoms with van der Waals surface area (Å²) in [4.78, 5) is 36.2. The van der Waals surface area contributed by atoms with E-state index < -0.39 is 10.3 Å². The van der Waals surface area contributed by atoms with Crippen LogP contribution in [0.2, 0.25) is 0 Å². The number of rotatable bonds is 1. The fraction of sp³-hybridized carbons (Fsp3) is 0.467. The number of amides is 1. The average molecular weight is 288 g/mol. The van der Waals surface area contributed by atoms with Crippen molar-refractivity contribution < 1.29 is 14.5 Å². The fourth-order valence-corrected chi connectivity index (χ4v) is 3.43. The van der Waals surface area contributed by atoms with Crippen molar-refractivity contribution >= 4 is 17.4 Å². The first kappa shape index (κ1) is 13.7. The van der Waals surface area contributed by atoms with Crippen molar-refractivity contribution in [2.45, 2.75) is 26.2 Å². The van der Waals surface area contributed by atoms with Gasteiger partial charge in [-0.3, -0.25) is 19.7 Å². The van der Waals surface area contributed by atoms with Crippen LogP contribution in [0.1, 0.15) is 35.7 Å². The number of hydrogen-bond acceptors (Lipinski definition) is 4. The predicted octanol–water partition coefficient (Wildman–Crippen LogP) is 1.96. The smallest absolute Gasteiger partial charge is 0.270 e. The first-order chi connectivity index (χ1) is 9.93. The Morgan fingerprint density at radius 3 is 2.57 bits per heavy atom. The molecule has 1 aliphatic heterocycles. The van der Waals surface area contributed by atoms with Gasteiger partial charge < -0.3 is 4.90 Å². The molecule has 21 heavy (non-hydrogen) atoms. The summed E-state index contributed by atoms with van der Waals surface area (Å²) in [6.45, 7) is 2.70. The molecule has 1 amide bonds. The Hall–Kier alpha value is -2.24. The van der Waals surface area contributed by atoms with Crippen molar-refractivity contribution in [3.05, 3.63) is 39.4 Å². The van der Waals surface area contributed by atoms with Gasteiger partial charge in [0, 0.05) is 43.1 Å². The number of Topliss-reactive ketones (excluding diaryl/α,β-unsaturated/α-hetero) is 1. The highest BCUT2D eigenvalue weighted by atomic mass is 16.6. The molecule has 0 N–H and O–H groups in total. The lowest BCUT2D eigenvalue weighted by atomic mass is 9.75. The molecule has 0 saturated carbocycles. The lowest BCUT2D eigenvalue weighted by Crippen LogP contribution is -2.44. The number of ketones is 1. The number of hydrogen-bond donors (Lipinski definition) is 0. The Labute approximate surface area is 121 Å². The van der Waals surface area contributed by atoms with Gasteiger partial charge in [-0.25, -0.2) is 0 Å². The zero-order valence-corrected chi connectivity index (χ0v) is 11.8. The molecule has 6 nitrogen and oxygen atoms in total. The van der Waals surface area contributed by atoms with Gasteiger partial charge in [0.1, 0.15) is 0 Å². The van der Waals surface area contributed by atoms with Crippen molar-refractivity contribution in [2.75, 3.05) is 13.1 Å². The summed E-state index contributed by atoms with van der Waals surface area (Å²) in [6, 6.07) is 4.54. The van der Waals surface area contributed by atoms with Crippen molar-refractivity contribution in [1.82, 2.24) is 4.90 Å². The highest BCUT2D eigenvalue weighted by molar-refractivity contribution is 6.05. The number of likely N-dealkylation sites (tertiary alicyclic amines) is 1. The van der Waals surface area contributed by atoms with E-state index in [4.69, 9.17) is 0 Å². The van der Waals surface area contributed by atoms with Crippen LogP contribution in [0, 0.1) is 15.5 Å². The molecule has 1 heterocycles. The van der Waals surface area contributed by atoms with Crippen LogP contribution >= 0.6 is 0 Å². The van der Waals surface area contributed by atoms with E-state index in [0.29, 0.717) is 37.9 Å². The molecule has 0 unspecified atom stereocenters. The predicted molar refractivity (Wildman–Crippen MR) is 75.1 cm³/mol. The zero-order valence-electron chi connectivity index (χ0n) is 11.8. The van der Waals surface area contributed by atoms with Gasteiger partial charge in [-0.05, 0) is 24.8 Å². The van der Waals surface area contributed by atoms with Crippen LogP contribution in [-0.2, 0) is 11.2 Å². The molecule has 6 heteroatoms. The molecule has 1 aliphatic carbocycles. The van der Waals surface area contributed by atoms with Gasteiger partial charge in [0.25, 0.3) is 5.69 Å². The Morgan fingerprint density at radius 1 is 1.33 bits per heavy atom. The molecule has 1 aromatic rings. The van der Waals surface area contributed by atoms with Gasteiger partial charge in [-0.2, -0.15) is 0 Å². The van der Waals surface area contributed by atoms with Crippen LogP contribution in [0.3, 0.4) is 0 Å². The number of nitro groups is 1. The summed E-state index contributed by atoms with van der Waals surface area (Å²) >= 11 is 0. The quantitative estimate of drug-likeness (QED) is 0.584. The second-order valence-corrected chi connectivity index (χ2v) is 5.89. The van der Waals surface area contributed by atoms with E-state index in [2.05, 4.69) is 0 Å². The van der Waals surface area contributed by atoms with Crippen LogP contribution < -0.4 is 0 Å². The lowest BCUT2D eigenvalue weighted by molar-refractivity contribution is -0.384. The monoisotopic (exact) mass is 288 g/mol. The average Bonchev–Trinajstić information content (AvgIpc) is 2.72. The molecule has 0 atom stereocenters. The van der Waals surface area contributed by atoms with Crippen molar-refractivity contribution in [2.24, 2.45) is 5.41 Å². The van der Waals surface area contributed by atoms with E-state index in [1.165, 1.54) is 19.1 Å². The van der Waals surface area contributed by atoms with E-state index in [1.807, 2.05) is 0 Å². The Kier molecular flexibility index (Phi) is 3.04. The van der Waals surface area contributed by atoms with Gasteiger partial charge in [0.15, 0.2) is 5.78 Å². The minimum Gasteiger partial charge on any atom is -0.343 e. The molecule has 110 valence electrons. The number of carbonyl (C=O) groups is 2. The molecule has 2 aliphatic rings. The highest BCUT2D eigenvalue weighted by Gasteiger charge is 2.47. The summed E-state index contributed by atoms with van der Waals surface area (Å²) in [5.41, 5.74) is 0.867. The molecule has 1 spiro atoms. The van der Waals surface area contributed by atoms with Crippen molar-refractivity contribution in [3.63, 3.8) is 0 Å². The van der Waals surface area contributed by atoms with E-state index in [0.717, 1.165) is 5.56 Å². The van der Waals surface area contributed by atoms with E-state index in [9.17, 15) is 19.7 Å². The molecular formula is C15H16N2O4. The maximum atomic E-state index is 12.7. The fourth-order valence-electron chi connectivity index (χ4n) is 3.43. The second-order valence-electron chi connectivity index (χ2n) is 5.89. The topological polar surface area (TPSA) is 80.5 Å². The minimum atomic E-state index is -0.475.